The van der Waals surface area contributed by atoms with Crippen LogP contribution in [0.4, 0.5) is 5.82 Å². The number of pyridine rings is 1. The van der Waals surface area contributed by atoms with Gasteiger partial charge in [0.2, 0.25) is 0 Å². The highest BCUT2D eigenvalue weighted by Crippen LogP contribution is 2.26. The molecule has 0 aliphatic carbocycles. The van der Waals surface area contributed by atoms with Crippen LogP contribution in [0.15, 0.2) is 30.3 Å². The lowest BCUT2D eigenvalue weighted by Crippen LogP contribution is -2.36. The summed E-state index contributed by atoms with van der Waals surface area (Å²) in [7, 11) is 1.79. The standard InChI is InChI=1S/C15H18N2O3/c1-15(2,20)9-17(3)13-11-7-5-4-6-10(11)8-12(16-13)14(18)19/h4-8,20H,9H2,1-3H3,(H,18,19). The van der Waals surface area contributed by atoms with Gasteiger partial charge in [-0.25, -0.2) is 9.78 Å². The number of aromatic nitrogens is 1. The number of likely N-dealkylation sites (N-methyl/N-ethyl adjacent to an activating group) is 1. The third-order valence-corrected chi connectivity index (χ3v) is 2.93. The predicted octanol–water partition coefficient (Wildman–Crippen LogP) is 2.14. The zero-order valence-electron chi connectivity index (χ0n) is 11.8. The lowest BCUT2D eigenvalue weighted by atomic mass is 10.1. The fourth-order valence-electron chi connectivity index (χ4n) is 2.24. The molecule has 0 aliphatic heterocycles. The summed E-state index contributed by atoms with van der Waals surface area (Å²) < 4.78 is 0. The molecule has 20 heavy (non-hydrogen) atoms. The van der Waals surface area contributed by atoms with E-state index in [1.54, 1.807) is 31.9 Å². The second-order valence-electron chi connectivity index (χ2n) is 5.53. The lowest BCUT2D eigenvalue weighted by molar-refractivity contribution is 0.0691. The zero-order chi connectivity index (χ0) is 14.9. The molecule has 0 amide bonds. The van der Waals surface area contributed by atoms with Crippen molar-refractivity contribution in [3.05, 3.63) is 36.0 Å². The largest absolute Gasteiger partial charge is 0.477 e. The summed E-state index contributed by atoms with van der Waals surface area (Å²) in [4.78, 5) is 17.1. The van der Waals surface area contributed by atoms with Crippen LogP contribution in [0.2, 0.25) is 0 Å². The van der Waals surface area contributed by atoms with Crippen LogP contribution in [0.3, 0.4) is 0 Å². The first-order chi connectivity index (χ1) is 9.28. The fourth-order valence-corrected chi connectivity index (χ4v) is 2.24. The number of nitrogens with zero attached hydrogens (tertiary/aromatic N) is 2. The Morgan fingerprint density at radius 1 is 1.35 bits per heavy atom. The second-order valence-corrected chi connectivity index (χ2v) is 5.53. The molecule has 0 aliphatic rings. The van der Waals surface area contributed by atoms with E-state index >= 15 is 0 Å². The van der Waals surface area contributed by atoms with Crippen molar-refractivity contribution in [3.63, 3.8) is 0 Å². The van der Waals surface area contributed by atoms with Crippen LogP contribution in [0.5, 0.6) is 0 Å². The van der Waals surface area contributed by atoms with Gasteiger partial charge < -0.3 is 15.1 Å². The third-order valence-electron chi connectivity index (χ3n) is 2.93. The first kappa shape index (κ1) is 14.3. The molecule has 0 radical (unpaired) electrons. The molecule has 0 saturated carbocycles. The van der Waals surface area contributed by atoms with E-state index in [2.05, 4.69) is 4.98 Å². The number of rotatable bonds is 4. The summed E-state index contributed by atoms with van der Waals surface area (Å²) in [5, 5.41) is 20.7. The van der Waals surface area contributed by atoms with Gasteiger partial charge in [0.15, 0.2) is 5.69 Å². The minimum absolute atomic E-state index is 0.00120. The quantitative estimate of drug-likeness (QED) is 0.893. The van der Waals surface area contributed by atoms with Gasteiger partial charge in [0.05, 0.1) is 5.60 Å². The second kappa shape index (κ2) is 5.09. The van der Waals surface area contributed by atoms with Crippen molar-refractivity contribution in [1.29, 1.82) is 0 Å². The van der Waals surface area contributed by atoms with Crippen molar-refractivity contribution in [1.82, 2.24) is 4.98 Å². The van der Waals surface area contributed by atoms with Gasteiger partial charge in [-0.2, -0.15) is 0 Å². The monoisotopic (exact) mass is 274 g/mol. The molecule has 1 aromatic heterocycles. The number of carbonyl (C=O) groups is 1. The Morgan fingerprint density at radius 3 is 2.60 bits per heavy atom. The maximum Gasteiger partial charge on any atom is 0.354 e. The number of benzene rings is 1. The maximum absolute atomic E-state index is 11.2. The van der Waals surface area contributed by atoms with Gasteiger partial charge in [0, 0.05) is 19.0 Å². The third kappa shape index (κ3) is 3.05. The molecule has 1 heterocycles. The van der Waals surface area contributed by atoms with Crippen molar-refractivity contribution >= 4 is 22.6 Å². The predicted molar refractivity (Wildman–Crippen MR) is 78.3 cm³/mol. The highest BCUT2D eigenvalue weighted by molar-refractivity contribution is 5.97. The van der Waals surface area contributed by atoms with Crippen molar-refractivity contribution < 1.29 is 15.0 Å². The molecule has 0 atom stereocenters. The minimum Gasteiger partial charge on any atom is -0.477 e. The van der Waals surface area contributed by atoms with Gasteiger partial charge in [-0.3, -0.25) is 0 Å². The molecule has 1 aromatic carbocycles. The van der Waals surface area contributed by atoms with E-state index in [9.17, 15) is 9.90 Å². The fraction of sp³-hybridized carbons (Fsp3) is 0.333. The summed E-state index contributed by atoms with van der Waals surface area (Å²) in [6.45, 7) is 3.76. The topological polar surface area (TPSA) is 73.7 Å². The first-order valence-corrected chi connectivity index (χ1v) is 6.34. The van der Waals surface area contributed by atoms with Crippen LogP contribution in [-0.2, 0) is 0 Å². The molecule has 0 fully saturated rings. The van der Waals surface area contributed by atoms with Crippen LogP contribution in [0.1, 0.15) is 24.3 Å². The number of aliphatic hydroxyl groups is 1. The first-order valence-electron chi connectivity index (χ1n) is 6.34. The minimum atomic E-state index is -1.06. The molecule has 2 N–H and O–H groups in total. The van der Waals surface area contributed by atoms with Crippen LogP contribution in [-0.4, -0.2) is 40.4 Å². The maximum atomic E-state index is 11.2. The van der Waals surface area contributed by atoms with E-state index in [1.807, 2.05) is 24.3 Å². The van der Waals surface area contributed by atoms with Crippen molar-refractivity contribution in [3.8, 4) is 0 Å². The van der Waals surface area contributed by atoms with Gasteiger partial charge >= 0.3 is 5.97 Å². The van der Waals surface area contributed by atoms with E-state index < -0.39 is 11.6 Å². The van der Waals surface area contributed by atoms with Crippen molar-refractivity contribution in [2.24, 2.45) is 0 Å². The Balaban J connectivity index is 2.57. The Labute approximate surface area is 117 Å². The average Bonchev–Trinajstić information content (AvgIpc) is 2.35. The molecule has 0 saturated heterocycles. The number of fused-ring (bicyclic) bond motifs is 1. The molecule has 5 nitrogen and oxygen atoms in total. The summed E-state index contributed by atoms with van der Waals surface area (Å²) in [5.41, 5.74) is -0.891. The van der Waals surface area contributed by atoms with E-state index in [4.69, 9.17) is 5.11 Å². The highest BCUT2D eigenvalue weighted by atomic mass is 16.4. The Bertz CT molecular complexity index is 647. The van der Waals surface area contributed by atoms with Gasteiger partial charge in [-0.1, -0.05) is 24.3 Å². The van der Waals surface area contributed by atoms with Crippen LogP contribution < -0.4 is 4.90 Å². The summed E-state index contributed by atoms with van der Waals surface area (Å²) in [6.07, 6.45) is 0. The summed E-state index contributed by atoms with van der Waals surface area (Å²) in [6, 6.07) is 9.04. The summed E-state index contributed by atoms with van der Waals surface area (Å²) in [5.74, 6) is -0.503. The van der Waals surface area contributed by atoms with Crippen molar-refractivity contribution in [2.75, 3.05) is 18.5 Å². The molecule has 0 bridgehead atoms. The molecule has 2 rings (SSSR count). The summed E-state index contributed by atoms with van der Waals surface area (Å²) >= 11 is 0. The molecule has 5 heteroatoms. The Morgan fingerprint density at radius 2 is 2.00 bits per heavy atom. The number of anilines is 1. The van der Waals surface area contributed by atoms with Crippen molar-refractivity contribution in [2.45, 2.75) is 19.4 Å². The smallest absolute Gasteiger partial charge is 0.354 e. The highest BCUT2D eigenvalue weighted by Gasteiger charge is 2.19. The number of aromatic carboxylic acids is 1. The SMILES string of the molecule is CN(CC(C)(C)O)c1nc(C(=O)O)cc2ccccc12. The number of carboxylic acid groups (broad SMARTS) is 1. The molecule has 0 unspecified atom stereocenters. The molecule has 2 aromatic rings. The Hall–Kier alpha value is -2.14. The van der Waals surface area contributed by atoms with Crippen LogP contribution in [0, 0.1) is 0 Å². The van der Waals surface area contributed by atoms with E-state index in [0.29, 0.717) is 12.4 Å². The normalized spacial score (nSPS) is 11.6. The van der Waals surface area contributed by atoms with E-state index in [1.165, 1.54) is 0 Å². The number of carboxylic acids is 1. The van der Waals surface area contributed by atoms with Gasteiger partial charge in [-0.15, -0.1) is 0 Å². The number of hydrogen-bond acceptors (Lipinski definition) is 4. The lowest BCUT2D eigenvalue weighted by Gasteiger charge is -2.27. The Kier molecular flexibility index (Phi) is 3.63. The number of hydrogen-bond donors (Lipinski definition) is 2. The van der Waals surface area contributed by atoms with Crippen LogP contribution >= 0.6 is 0 Å². The molecule has 106 valence electrons. The van der Waals surface area contributed by atoms with Crippen LogP contribution in [0.25, 0.3) is 10.8 Å². The molecular weight excluding hydrogens is 256 g/mol. The zero-order valence-corrected chi connectivity index (χ0v) is 11.8. The van der Waals surface area contributed by atoms with E-state index in [0.717, 1.165) is 10.8 Å². The van der Waals surface area contributed by atoms with E-state index in [-0.39, 0.29) is 5.69 Å². The average molecular weight is 274 g/mol. The van der Waals surface area contributed by atoms with Gasteiger partial charge in [0.1, 0.15) is 5.82 Å². The van der Waals surface area contributed by atoms with Gasteiger partial charge in [-0.05, 0) is 25.3 Å². The molecule has 0 spiro atoms. The van der Waals surface area contributed by atoms with Gasteiger partial charge in [0.25, 0.3) is 0 Å². The molecular formula is C15H18N2O3.